The third kappa shape index (κ3) is 6.60. The fraction of sp³-hybridized carbons (Fsp3) is 0.333. The largest absolute Gasteiger partial charge is 0.364 e. The van der Waals surface area contributed by atoms with Crippen LogP contribution in [-0.2, 0) is 4.79 Å². The van der Waals surface area contributed by atoms with Gasteiger partial charge in [0, 0.05) is 66.4 Å². The van der Waals surface area contributed by atoms with Crippen molar-refractivity contribution in [2.24, 2.45) is 5.92 Å². The van der Waals surface area contributed by atoms with E-state index >= 15 is 0 Å². The number of allylic oxidation sites excluding steroid dienone is 4. The van der Waals surface area contributed by atoms with Gasteiger partial charge in [0.25, 0.3) is 5.91 Å². The number of hydrogen-bond acceptors (Lipinski definition) is 7. The van der Waals surface area contributed by atoms with Gasteiger partial charge in [-0.15, -0.1) is 0 Å². The topological polar surface area (TPSA) is 102 Å². The molecule has 1 aromatic carbocycles. The maximum atomic E-state index is 13.3. The van der Waals surface area contributed by atoms with E-state index in [-0.39, 0.29) is 23.8 Å². The van der Waals surface area contributed by atoms with Crippen LogP contribution >= 0.6 is 11.6 Å². The number of likely N-dealkylation sites (tertiary alicyclic amines) is 1. The van der Waals surface area contributed by atoms with Crippen molar-refractivity contribution in [1.29, 1.82) is 0 Å². The molecule has 40 heavy (non-hydrogen) atoms. The van der Waals surface area contributed by atoms with Crippen LogP contribution in [0.1, 0.15) is 35.3 Å². The highest BCUT2D eigenvalue weighted by Gasteiger charge is 2.29. The molecular formula is C30H34ClN7O2. The van der Waals surface area contributed by atoms with Crippen molar-refractivity contribution in [2.75, 3.05) is 44.4 Å². The number of aromatic nitrogens is 2. The van der Waals surface area contributed by atoms with Crippen LogP contribution in [0.5, 0.6) is 0 Å². The van der Waals surface area contributed by atoms with Gasteiger partial charge in [-0.25, -0.2) is 9.97 Å². The molecule has 2 unspecified atom stereocenters. The third-order valence-electron chi connectivity index (χ3n) is 7.13. The molecule has 2 aliphatic heterocycles. The van der Waals surface area contributed by atoms with Gasteiger partial charge >= 0.3 is 0 Å². The highest BCUT2D eigenvalue weighted by atomic mass is 35.5. The molecule has 1 fully saturated rings. The molecule has 2 atom stereocenters. The highest BCUT2D eigenvalue weighted by molar-refractivity contribution is 6.32. The maximum Gasteiger partial charge on any atom is 0.253 e. The molecule has 3 heterocycles. The zero-order chi connectivity index (χ0) is 28.1. The molecule has 5 rings (SSSR count). The van der Waals surface area contributed by atoms with E-state index in [1.807, 2.05) is 30.1 Å². The molecule has 0 spiro atoms. The van der Waals surface area contributed by atoms with Crippen molar-refractivity contribution in [1.82, 2.24) is 25.1 Å². The van der Waals surface area contributed by atoms with E-state index in [2.05, 4.69) is 39.2 Å². The molecule has 10 heteroatoms. The summed E-state index contributed by atoms with van der Waals surface area (Å²) in [6, 6.07) is 7.02. The van der Waals surface area contributed by atoms with Gasteiger partial charge in [0.05, 0.1) is 16.9 Å². The summed E-state index contributed by atoms with van der Waals surface area (Å²) < 4.78 is 0. The summed E-state index contributed by atoms with van der Waals surface area (Å²) in [7, 11) is 3.88. The summed E-state index contributed by atoms with van der Waals surface area (Å²) in [5.41, 5.74) is 4.15. The van der Waals surface area contributed by atoms with Crippen molar-refractivity contribution < 1.29 is 9.59 Å². The molecule has 1 aliphatic carbocycles. The van der Waals surface area contributed by atoms with Crippen LogP contribution in [0.3, 0.4) is 0 Å². The Morgan fingerprint density at radius 3 is 2.88 bits per heavy atom. The zero-order valence-corrected chi connectivity index (χ0v) is 23.5. The van der Waals surface area contributed by atoms with Gasteiger partial charge < -0.3 is 25.8 Å². The lowest BCUT2D eigenvalue weighted by molar-refractivity contribution is -0.111. The Morgan fingerprint density at radius 1 is 1.25 bits per heavy atom. The van der Waals surface area contributed by atoms with Crippen molar-refractivity contribution in [3.63, 3.8) is 0 Å². The molecule has 9 nitrogen and oxygen atoms in total. The number of anilines is 2. The Labute approximate surface area is 239 Å². The fourth-order valence-corrected chi connectivity index (χ4v) is 5.30. The molecular weight excluding hydrogens is 526 g/mol. The number of halogens is 1. The summed E-state index contributed by atoms with van der Waals surface area (Å²) in [4.78, 5) is 38.4. The van der Waals surface area contributed by atoms with E-state index in [1.165, 1.54) is 6.08 Å². The van der Waals surface area contributed by atoms with Crippen LogP contribution in [0, 0.1) is 5.92 Å². The second kappa shape index (κ2) is 12.5. The van der Waals surface area contributed by atoms with Crippen molar-refractivity contribution >= 4 is 40.6 Å². The van der Waals surface area contributed by atoms with E-state index in [4.69, 9.17) is 16.6 Å². The van der Waals surface area contributed by atoms with Gasteiger partial charge in [-0.05, 0) is 63.7 Å². The molecule has 208 valence electrons. The average Bonchev–Trinajstić information content (AvgIpc) is 3.38. The smallest absolute Gasteiger partial charge is 0.253 e. The fourth-order valence-electron chi connectivity index (χ4n) is 5.10. The van der Waals surface area contributed by atoms with Gasteiger partial charge in [-0.1, -0.05) is 29.8 Å². The SMILES string of the molecule is CN(C)C/C=C/C(=O)Nc1ccc(C(=O)N2CCCC(Nc3ncc(Cl)c(C4=CNC5=CC=CCC54)n3)C2)cc1. The van der Waals surface area contributed by atoms with Gasteiger partial charge in [0.1, 0.15) is 0 Å². The van der Waals surface area contributed by atoms with E-state index in [0.29, 0.717) is 41.9 Å². The van der Waals surface area contributed by atoms with Gasteiger partial charge in [-0.2, -0.15) is 0 Å². The van der Waals surface area contributed by atoms with Crippen LogP contribution < -0.4 is 16.0 Å². The predicted molar refractivity (Wildman–Crippen MR) is 159 cm³/mol. The van der Waals surface area contributed by atoms with Crippen LogP contribution in [0.25, 0.3) is 5.57 Å². The van der Waals surface area contributed by atoms with Gasteiger partial charge in [0.2, 0.25) is 11.9 Å². The number of nitrogens with zero attached hydrogens (tertiary/aromatic N) is 4. The first-order chi connectivity index (χ1) is 19.4. The first-order valence-electron chi connectivity index (χ1n) is 13.5. The first kappa shape index (κ1) is 27.6. The number of piperidine rings is 1. The number of carbonyl (C=O) groups is 2. The average molecular weight is 560 g/mol. The second-order valence-corrected chi connectivity index (χ2v) is 10.8. The lowest BCUT2D eigenvalue weighted by atomic mass is 9.90. The molecule has 3 N–H and O–H groups in total. The molecule has 1 aromatic heterocycles. The number of likely N-dealkylation sites (N-methyl/N-ethyl adjacent to an activating group) is 1. The minimum Gasteiger partial charge on any atom is -0.364 e. The number of carbonyl (C=O) groups excluding carboxylic acids is 2. The first-order valence-corrected chi connectivity index (χ1v) is 13.9. The minimum atomic E-state index is -0.202. The molecule has 2 aromatic rings. The lowest BCUT2D eigenvalue weighted by Crippen LogP contribution is -2.45. The third-order valence-corrected chi connectivity index (χ3v) is 7.40. The Hall–Kier alpha value is -3.95. The Morgan fingerprint density at radius 2 is 2.08 bits per heavy atom. The second-order valence-electron chi connectivity index (χ2n) is 10.4. The molecule has 0 radical (unpaired) electrons. The predicted octanol–water partition coefficient (Wildman–Crippen LogP) is 4.31. The lowest BCUT2D eigenvalue weighted by Gasteiger charge is -2.33. The molecule has 0 saturated carbocycles. The van der Waals surface area contributed by atoms with Gasteiger partial charge in [0.15, 0.2) is 0 Å². The molecule has 2 amide bonds. The van der Waals surface area contributed by atoms with E-state index in [0.717, 1.165) is 36.2 Å². The van der Waals surface area contributed by atoms with E-state index in [1.54, 1.807) is 36.5 Å². The summed E-state index contributed by atoms with van der Waals surface area (Å²) in [6.07, 6.45) is 15.9. The standard InChI is InChI=1S/C30H34ClN7O2/c1-37(2)15-6-10-27(39)34-21-13-11-20(12-14-21)29(40)38-16-5-7-22(19-38)35-30-33-18-25(31)28(36-30)24-17-32-26-9-4-3-8-23(24)26/h3-4,6,9-14,17-18,22-23,32H,5,7-8,15-16,19H2,1-2H3,(H,34,39)(H,33,35,36)/b10-6+. The maximum absolute atomic E-state index is 13.3. The van der Waals surface area contributed by atoms with Crippen molar-refractivity contribution in [3.05, 3.63) is 89.0 Å². The summed E-state index contributed by atoms with van der Waals surface area (Å²) in [5, 5.41) is 10.1. The number of fused-ring (bicyclic) bond motifs is 1. The number of rotatable bonds is 8. The summed E-state index contributed by atoms with van der Waals surface area (Å²) >= 11 is 6.52. The van der Waals surface area contributed by atoms with Gasteiger partial charge in [-0.3, -0.25) is 9.59 Å². The number of hydrogen-bond donors (Lipinski definition) is 3. The zero-order valence-electron chi connectivity index (χ0n) is 22.7. The van der Waals surface area contributed by atoms with E-state index < -0.39 is 0 Å². The monoisotopic (exact) mass is 559 g/mol. The quantitative estimate of drug-likeness (QED) is 0.414. The molecule has 0 bridgehead atoms. The Kier molecular flexibility index (Phi) is 8.62. The van der Waals surface area contributed by atoms with E-state index in [9.17, 15) is 9.59 Å². The molecule has 1 saturated heterocycles. The van der Waals surface area contributed by atoms with Crippen molar-refractivity contribution in [2.45, 2.75) is 25.3 Å². The number of amides is 2. The molecule has 3 aliphatic rings. The van der Waals surface area contributed by atoms with Crippen LogP contribution in [0.4, 0.5) is 11.6 Å². The Bertz CT molecular complexity index is 1380. The number of nitrogens with one attached hydrogen (secondary N) is 3. The van der Waals surface area contributed by atoms with Crippen molar-refractivity contribution in [3.8, 4) is 0 Å². The van der Waals surface area contributed by atoms with Crippen LogP contribution in [-0.4, -0.2) is 71.4 Å². The summed E-state index contributed by atoms with van der Waals surface area (Å²) in [6.45, 7) is 1.91. The minimum absolute atomic E-state index is 0.0167. The highest BCUT2D eigenvalue weighted by Crippen LogP contribution is 2.38. The van der Waals surface area contributed by atoms with Crippen LogP contribution in [0.2, 0.25) is 5.02 Å². The van der Waals surface area contributed by atoms with Crippen LogP contribution in [0.15, 0.2) is 72.7 Å². The normalized spacial score (nSPS) is 20.1. The Balaban J connectivity index is 1.19. The number of benzene rings is 1. The summed E-state index contributed by atoms with van der Waals surface area (Å²) in [5.74, 6) is 0.474.